The Morgan fingerprint density at radius 3 is 2.86 bits per heavy atom. The number of furan rings is 1. The van der Waals surface area contributed by atoms with Crippen molar-refractivity contribution in [3.63, 3.8) is 0 Å². The molecule has 2 heterocycles. The van der Waals surface area contributed by atoms with Gasteiger partial charge >= 0.3 is 5.97 Å². The first-order valence-electron chi connectivity index (χ1n) is 8.28. The van der Waals surface area contributed by atoms with Crippen molar-refractivity contribution in [2.75, 3.05) is 11.9 Å². The summed E-state index contributed by atoms with van der Waals surface area (Å²) < 4.78 is 18.8. The minimum atomic E-state index is -1.08. The highest BCUT2D eigenvalue weighted by Crippen LogP contribution is 2.33. The molecule has 0 saturated carbocycles. The molecule has 2 aromatic heterocycles. The van der Waals surface area contributed by atoms with Crippen molar-refractivity contribution in [1.82, 2.24) is 4.98 Å². The summed E-state index contributed by atoms with van der Waals surface area (Å²) in [7, 11) is 1.52. The highest BCUT2D eigenvalue weighted by Gasteiger charge is 2.28. The normalized spacial score (nSPS) is 12.0. The molecule has 9 heteroatoms. The molecule has 0 aliphatic rings. The second-order valence-corrected chi connectivity index (χ2v) is 7.36. The zero-order chi connectivity index (χ0) is 20.3. The fourth-order valence-electron chi connectivity index (χ4n) is 2.73. The van der Waals surface area contributed by atoms with E-state index < -0.39 is 23.6 Å². The van der Waals surface area contributed by atoms with Crippen LogP contribution in [0.2, 0.25) is 5.02 Å². The van der Waals surface area contributed by atoms with E-state index in [4.69, 9.17) is 21.1 Å². The number of anilines is 1. The lowest BCUT2D eigenvalue weighted by molar-refractivity contribution is -0.140. The van der Waals surface area contributed by atoms with Crippen LogP contribution in [0.5, 0.6) is 0 Å². The first-order valence-corrected chi connectivity index (χ1v) is 9.53. The van der Waals surface area contributed by atoms with Crippen molar-refractivity contribution in [2.24, 2.45) is 5.92 Å². The van der Waals surface area contributed by atoms with Gasteiger partial charge in [0.2, 0.25) is 5.91 Å². The van der Waals surface area contributed by atoms with Gasteiger partial charge < -0.3 is 9.52 Å². The summed E-state index contributed by atoms with van der Waals surface area (Å²) >= 11 is 7.29. The van der Waals surface area contributed by atoms with E-state index in [-0.39, 0.29) is 12.8 Å². The lowest BCUT2D eigenvalue weighted by Gasteiger charge is -2.20. The van der Waals surface area contributed by atoms with Crippen molar-refractivity contribution in [3.05, 3.63) is 58.6 Å². The summed E-state index contributed by atoms with van der Waals surface area (Å²) in [5.41, 5.74) is 0.854. The van der Waals surface area contributed by atoms with Crippen LogP contribution in [0.25, 0.3) is 11.3 Å². The fourth-order valence-corrected chi connectivity index (χ4v) is 3.74. The van der Waals surface area contributed by atoms with E-state index in [1.54, 1.807) is 17.5 Å². The summed E-state index contributed by atoms with van der Waals surface area (Å²) in [6.07, 6.45) is 1.30. The van der Waals surface area contributed by atoms with Crippen molar-refractivity contribution < 1.29 is 23.5 Å². The maximum Gasteiger partial charge on any atom is 0.304 e. The van der Waals surface area contributed by atoms with Gasteiger partial charge in [-0.3, -0.25) is 14.5 Å². The van der Waals surface area contributed by atoms with Crippen molar-refractivity contribution >= 4 is 39.9 Å². The van der Waals surface area contributed by atoms with E-state index in [0.29, 0.717) is 27.2 Å². The maximum absolute atomic E-state index is 13.5. The molecule has 1 amide bonds. The van der Waals surface area contributed by atoms with Crippen LogP contribution in [0.1, 0.15) is 12.2 Å². The van der Waals surface area contributed by atoms with Crippen molar-refractivity contribution in [3.8, 4) is 11.3 Å². The molecular weight excluding hydrogens is 407 g/mol. The van der Waals surface area contributed by atoms with Gasteiger partial charge in [-0.05, 0) is 30.3 Å². The minimum Gasteiger partial charge on any atom is -0.481 e. The quantitative estimate of drug-likeness (QED) is 0.606. The van der Waals surface area contributed by atoms with Gasteiger partial charge in [0.05, 0.1) is 29.3 Å². The SMILES string of the molecule is CN(C(=O)[C@@H](CC(=O)O)Cc1ccco1)c1nc(-c2cc(F)ccc2Cl)cs1. The third kappa shape index (κ3) is 4.58. The number of benzene rings is 1. The number of hydrogen-bond donors (Lipinski definition) is 1. The highest BCUT2D eigenvalue weighted by atomic mass is 35.5. The number of carbonyl (C=O) groups is 2. The molecule has 1 N–H and O–H groups in total. The summed E-state index contributed by atoms with van der Waals surface area (Å²) in [4.78, 5) is 29.7. The van der Waals surface area contributed by atoms with E-state index >= 15 is 0 Å². The second-order valence-electron chi connectivity index (χ2n) is 6.12. The largest absolute Gasteiger partial charge is 0.481 e. The van der Waals surface area contributed by atoms with Crippen molar-refractivity contribution in [1.29, 1.82) is 0 Å². The standard InChI is InChI=1S/C19H16ClFN2O4S/c1-23(18(26)11(8-17(24)25)7-13-3-2-6-27-13)19-22-16(10-28-19)14-9-12(21)4-5-15(14)20/h2-6,9-11H,7-8H2,1H3,(H,24,25)/t11-/m1/s1. The van der Waals surface area contributed by atoms with Crippen LogP contribution in [0.3, 0.4) is 0 Å². The monoisotopic (exact) mass is 422 g/mol. The molecule has 28 heavy (non-hydrogen) atoms. The van der Waals surface area contributed by atoms with Crippen molar-refractivity contribution in [2.45, 2.75) is 12.8 Å². The van der Waals surface area contributed by atoms with Gasteiger partial charge in [-0.1, -0.05) is 11.6 Å². The van der Waals surface area contributed by atoms with Gasteiger partial charge in [0.15, 0.2) is 5.13 Å². The first kappa shape index (κ1) is 20.0. The number of carboxylic acids is 1. The number of hydrogen-bond acceptors (Lipinski definition) is 5. The second kappa shape index (κ2) is 8.53. The van der Waals surface area contributed by atoms with Gasteiger partial charge in [-0.25, -0.2) is 9.37 Å². The molecule has 3 rings (SSSR count). The first-order chi connectivity index (χ1) is 13.3. The lowest BCUT2D eigenvalue weighted by atomic mass is 9.98. The third-order valence-corrected chi connectivity index (χ3v) is 5.36. The van der Waals surface area contributed by atoms with Crippen LogP contribution in [0.15, 0.2) is 46.4 Å². The fraction of sp³-hybridized carbons (Fsp3) is 0.211. The number of thiazole rings is 1. The van der Waals surface area contributed by atoms with Crippen LogP contribution >= 0.6 is 22.9 Å². The summed E-state index contributed by atoms with van der Waals surface area (Å²) in [6, 6.07) is 7.33. The van der Waals surface area contributed by atoms with E-state index in [0.717, 1.165) is 0 Å². The van der Waals surface area contributed by atoms with Crippen LogP contribution in [-0.2, 0) is 16.0 Å². The molecule has 0 fully saturated rings. The number of rotatable bonds is 7. The number of carboxylic acid groups (broad SMARTS) is 1. The molecule has 0 aliphatic carbocycles. The van der Waals surface area contributed by atoms with Gasteiger partial charge in [0.25, 0.3) is 0 Å². The van der Waals surface area contributed by atoms with Gasteiger partial charge in [-0.2, -0.15) is 0 Å². The number of carbonyl (C=O) groups excluding carboxylic acids is 1. The number of aromatic nitrogens is 1. The van der Waals surface area contributed by atoms with E-state index in [9.17, 15) is 14.0 Å². The number of halogens is 2. The van der Waals surface area contributed by atoms with Crippen LogP contribution in [0.4, 0.5) is 9.52 Å². The molecule has 0 bridgehead atoms. The lowest BCUT2D eigenvalue weighted by Crippen LogP contribution is -2.35. The average Bonchev–Trinajstić information content (AvgIpc) is 3.33. The summed E-state index contributed by atoms with van der Waals surface area (Å²) in [5, 5.41) is 11.5. The Kier molecular flexibility index (Phi) is 6.11. The van der Waals surface area contributed by atoms with E-state index in [2.05, 4.69) is 4.98 Å². The molecule has 146 valence electrons. The Balaban J connectivity index is 1.82. The zero-order valence-corrected chi connectivity index (χ0v) is 16.3. The minimum absolute atomic E-state index is 0.163. The van der Waals surface area contributed by atoms with E-state index in [1.807, 2.05) is 0 Å². The topological polar surface area (TPSA) is 83.6 Å². The molecule has 3 aromatic rings. The molecule has 0 aliphatic heterocycles. The predicted molar refractivity (Wildman–Crippen MR) is 104 cm³/mol. The van der Waals surface area contributed by atoms with Gasteiger partial charge in [-0.15, -0.1) is 11.3 Å². The Morgan fingerprint density at radius 1 is 1.39 bits per heavy atom. The number of aliphatic carboxylic acids is 1. The van der Waals surface area contributed by atoms with Gasteiger partial charge in [0, 0.05) is 24.4 Å². The smallest absolute Gasteiger partial charge is 0.304 e. The highest BCUT2D eigenvalue weighted by molar-refractivity contribution is 7.14. The molecule has 0 unspecified atom stereocenters. The molecule has 1 aromatic carbocycles. The number of nitrogens with zero attached hydrogens (tertiary/aromatic N) is 2. The average molecular weight is 423 g/mol. The molecule has 0 radical (unpaired) electrons. The Labute approximate surface area is 169 Å². The Hall–Kier alpha value is -2.71. The van der Waals surface area contributed by atoms with Gasteiger partial charge in [0.1, 0.15) is 11.6 Å². The third-order valence-electron chi connectivity index (χ3n) is 4.11. The summed E-state index contributed by atoms with van der Waals surface area (Å²) in [5.74, 6) is -2.20. The number of amides is 1. The molecule has 6 nitrogen and oxygen atoms in total. The Morgan fingerprint density at radius 2 is 2.18 bits per heavy atom. The molecule has 1 atom stereocenters. The van der Waals surface area contributed by atoms with E-state index in [1.165, 1.54) is 47.7 Å². The van der Waals surface area contributed by atoms with Crippen LogP contribution in [-0.4, -0.2) is 29.0 Å². The zero-order valence-electron chi connectivity index (χ0n) is 14.8. The Bertz CT molecular complexity index is 990. The molecular formula is C19H16ClFN2O4S. The summed E-state index contributed by atoms with van der Waals surface area (Å²) in [6.45, 7) is 0. The van der Waals surface area contributed by atoms with Crippen LogP contribution in [0, 0.1) is 11.7 Å². The molecule has 0 saturated heterocycles. The predicted octanol–water partition coefficient (Wildman–Crippen LogP) is 4.49. The van der Waals surface area contributed by atoms with Crippen LogP contribution < -0.4 is 4.90 Å². The molecule has 0 spiro atoms. The maximum atomic E-state index is 13.5.